The van der Waals surface area contributed by atoms with Gasteiger partial charge in [0.05, 0.1) is 24.4 Å². The van der Waals surface area contributed by atoms with Crippen LogP contribution in [0.2, 0.25) is 0 Å². The monoisotopic (exact) mass is 401 g/mol. The predicted octanol–water partition coefficient (Wildman–Crippen LogP) is 4.67. The number of carbonyl (C=O) groups excluding carboxylic acids is 2. The van der Waals surface area contributed by atoms with Crippen molar-refractivity contribution >= 4 is 33.3 Å². The molecule has 1 aliphatic heterocycles. The minimum Gasteiger partial charge on any atom is -0.493 e. The third-order valence-corrected chi connectivity index (χ3v) is 4.73. The van der Waals surface area contributed by atoms with Crippen molar-refractivity contribution in [2.45, 2.75) is 33.2 Å². The van der Waals surface area contributed by atoms with Gasteiger partial charge in [-0.15, -0.1) is 0 Å². The molecule has 0 spiro atoms. The van der Waals surface area contributed by atoms with Crippen molar-refractivity contribution in [2.75, 3.05) is 11.5 Å². The normalized spacial score (nSPS) is 13.3. The molecule has 5 heteroatoms. The number of Topliss-reactive ketones (excluding diaryl/α,β-unsaturated/α-hetero) is 1. The number of amides is 1. The van der Waals surface area contributed by atoms with Crippen molar-refractivity contribution in [1.29, 1.82) is 0 Å². The van der Waals surface area contributed by atoms with Gasteiger partial charge in [-0.2, -0.15) is 0 Å². The summed E-state index contributed by atoms with van der Waals surface area (Å²) in [6.07, 6.45) is 2.04. The second-order valence-corrected chi connectivity index (χ2v) is 7.06. The average molecular weight is 402 g/mol. The van der Waals surface area contributed by atoms with E-state index in [2.05, 4.69) is 22.9 Å². The lowest BCUT2D eigenvalue weighted by atomic mass is 10.1. The Labute approximate surface area is 155 Å². The van der Waals surface area contributed by atoms with E-state index in [0.717, 1.165) is 34.2 Å². The predicted molar refractivity (Wildman–Crippen MR) is 101 cm³/mol. The van der Waals surface area contributed by atoms with E-state index in [-0.39, 0.29) is 0 Å². The van der Waals surface area contributed by atoms with Gasteiger partial charge in [-0.05, 0) is 37.1 Å². The third-order valence-electron chi connectivity index (χ3n) is 4.28. The number of benzene rings is 2. The molecule has 130 valence electrons. The fourth-order valence-electron chi connectivity index (χ4n) is 3.03. The van der Waals surface area contributed by atoms with Crippen LogP contribution >= 0.6 is 15.9 Å². The highest BCUT2D eigenvalue weighted by Gasteiger charge is 2.37. The van der Waals surface area contributed by atoms with Gasteiger partial charge >= 0.3 is 0 Å². The molecule has 0 aromatic heterocycles. The first-order chi connectivity index (χ1) is 12.0. The quantitative estimate of drug-likeness (QED) is 0.521. The molecule has 1 heterocycles. The molecule has 3 rings (SSSR count). The highest BCUT2D eigenvalue weighted by atomic mass is 79.9. The van der Waals surface area contributed by atoms with Gasteiger partial charge in [0.15, 0.2) is 0 Å². The van der Waals surface area contributed by atoms with E-state index in [1.165, 1.54) is 0 Å². The summed E-state index contributed by atoms with van der Waals surface area (Å²) in [4.78, 5) is 26.4. The second-order valence-electron chi connectivity index (χ2n) is 6.15. The van der Waals surface area contributed by atoms with Crippen LogP contribution in [0.4, 0.5) is 5.69 Å². The summed E-state index contributed by atoms with van der Waals surface area (Å²) in [5.41, 5.74) is 2.95. The van der Waals surface area contributed by atoms with Crippen molar-refractivity contribution < 1.29 is 14.3 Å². The van der Waals surface area contributed by atoms with E-state index in [4.69, 9.17) is 4.74 Å². The van der Waals surface area contributed by atoms with Gasteiger partial charge in [0.25, 0.3) is 11.7 Å². The molecular weight excluding hydrogens is 382 g/mol. The number of para-hydroxylation sites is 1. The van der Waals surface area contributed by atoms with Crippen molar-refractivity contribution in [2.24, 2.45) is 0 Å². The SMILES string of the molecule is CCCCOc1ccccc1CN1C(=O)C(=O)c2cc(Br)cc(C)c21. The maximum Gasteiger partial charge on any atom is 0.299 e. The number of carbonyl (C=O) groups is 2. The summed E-state index contributed by atoms with van der Waals surface area (Å²) in [5, 5.41) is 0. The molecule has 0 radical (unpaired) electrons. The molecule has 0 N–H and O–H groups in total. The number of hydrogen-bond donors (Lipinski definition) is 0. The van der Waals surface area contributed by atoms with Gasteiger partial charge < -0.3 is 4.74 Å². The molecule has 1 amide bonds. The molecule has 0 atom stereocenters. The van der Waals surface area contributed by atoms with Crippen LogP contribution in [-0.2, 0) is 11.3 Å². The topological polar surface area (TPSA) is 46.6 Å². The highest BCUT2D eigenvalue weighted by Crippen LogP contribution is 2.36. The van der Waals surface area contributed by atoms with E-state index in [1.807, 2.05) is 37.3 Å². The number of unbranched alkanes of at least 4 members (excludes halogenated alkanes) is 1. The van der Waals surface area contributed by atoms with Gasteiger partial charge in [-0.3, -0.25) is 14.5 Å². The van der Waals surface area contributed by atoms with Crippen LogP contribution in [0.15, 0.2) is 40.9 Å². The summed E-state index contributed by atoms with van der Waals surface area (Å²) >= 11 is 3.39. The van der Waals surface area contributed by atoms with E-state index in [0.29, 0.717) is 24.4 Å². The molecule has 0 fully saturated rings. The van der Waals surface area contributed by atoms with Crippen molar-refractivity contribution in [1.82, 2.24) is 0 Å². The standard InChI is InChI=1S/C20H20BrNO3/c1-3-4-9-25-17-8-6-5-7-14(17)12-22-18-13(2)10-15(21)11-16(18)19(23)20(22)24/h5-8,10-11H,3-4,9,12H2,1-2H3. The van der Waals surface area contributed by atoms with Gasteiger partial charge in [-0.1, -0.05) is 47.5 Å². The van der Waals surface area contributed by atoms with Crippen LogP contribution in [-0.4, -0.2) is 18.3 Å². The Morgan fingerprint density at radius 2 is 1.92 bits per heavy atom. The zero-order valence-corrected chi connectivity index (χ0v) is 15.9. The van der Waals surface area contributed by atoms with Crippen LogP contribution in [0.1, 0.15) is 41.3 Å². The van der Waals surface area contributed by atoms with Gasteiger partial charge in [0, 0.05) is 10.0 Å². The summed E-state index contributed by atoms with van der Waals surface area (Å²) < 4.78 is 6.66. The largest absolute Gasteiger partial charge is 0.493 e. The zero-order chi connectivity index (χ0) is 18.0. The van der Waals surface area contributed by atoms with E-state index in [9.17, 15) is 9.59 Å². The molecule has 4 nitrogen and oxygen atoms in total. The second kappa shape index (κ2) is 7.40. The maximum atomic E-state index is 12.5. The highest BCUT2D eigenvalue weighted by molar-refractivity contribution is 9.10. The Bertz CT molecular complexity index is 832. The fourth-order valence-corrected chi connectivity index (χ4v) is 3.60. The maximum absolute atomic E-state index is 12.5. The Morgan fingerprint density at radius 1 is 1.16 bits per heavy atom. The third kappa shape index (κ3) is 3.47. The number of ketones is 1. The summed E-state index contributed by atoms with van der Waals surface area (Å²) in [7, 11) is 0. The Balaban J connectivity index is 1.93. The Morgan fingerprint density at radius 3 is 2.68 bits per heavy atom. The number of fused-ring (bicyclic) bond motifs is 1. The van der Waals surface area contributed by atoms with Crippen molar-refractivity contribution in [3.05, 3.63) is 57.6 Å². The number of halogens is 1. The average Bonchev–Trinajstić information content (AvgIpc) is 2.82. The van der Waals surface area contributed by atoms with E-state index >= 15 is 0 Å². The molecule has 0 unspecified atom stereocenters. The molecular formula is C20H20BrNO3. The fraction of sp³-hybridized carbons (Fsp3) is 0.300. The molecule has 2 aromatic carbocycles. The molecule has 0 saturated heterocycles. The Hall–Kier alpha value is -2.14. The van der Waals surface area contributed by atoms with Crippen LogP contribution in [0, 0.1) is 6.92 Å². The lowest BCUT2D eigenvalue weighted by Crippen LogP contribution is -2.29. The summed E-state index contributed by atoms with van der Waals surface area (Å²) in [5.74, 6) is -0.178. The number of rotatable bonds is 6. The van der Waals surface area contributed by atoms with Crippen LogP contribution < -0.4 is 9.64 Å². The first-order valence-electron chi connectivity index (χ1n) is 8.40. The molecule has 2 aromatic rings. The number of aryl methyl sites for hydroxylation is 1. The minimum absolute atomic E-state index is 0.322. The van der Waals surface area contributed by atoms with Gasteiger partial charge in [0.2, 0.25) is 0 Å². The molecule has 25 heavy (non-hydrogen) atoms. The van der Waals surface area contributed by atoms with Crippen molar-refractivity contribution in [3.8, 4) is 5.75 Å². The van der Waals surface area contributed by atoms with E-state index in [1.54, 1.807) is 11.0 Å². The zero-order valence-electron chi connectivity index (χ0n) is 14.3. The van der Waals surface area contributed by atoms with Gasteiger partial charge in [0.1, 0.15) is 5.75 Å². The molecule has 0 bridgehead atoms. The molecule has 1 aliphatic rings. The van der Waals surface area contributed by atoms with Gasteiger partial charge in [-0.25, -0.2) is 0 Å². The summed E-state index contributed by atoms with van der Waals surface area (Å²) in [6, 6.07) is 11.3. The lowest BCUT2D eigenvalue weighted by molar-refractivity contribution is -0.114. The first kappa shape index (κ1) is 17.7. The minimum atomic E-state index is -0.487. The molecule has 0 saturated carbocycles. The molecule has 0 aliphatic carbocycles. The van der Waals surface area contributed by atoms with Crippen LogP contribution in [0.5, 0.6) is 5.75 Å². The number of anilines is 1. The lowest BCUT2D eigenvalue weighted by Gasteiger charge is -2.20. The first-order valence-corrected chi connectivity index (χ1v) is 9.19. The Kier molecular flexibility index (Phi) is 5.23. The van der Waals surface area contributed by atoms with Crippen LogP contribution in [0.25, 0.3) is 0 Å². The van der Waals surface area contributed by atoms with E-state index < -0.39 is 11.7 Å². The number of ether oxygens (including phenoxy) is 1. The smallest absolute Gasteiger partial charge is 0.299 e. The number of nitrogens with zero attached hydrogens (tertiary/aromatic N) is 1. The number of hydrogen-bond acceptors (Lipinski definition) is 3. The van der Waals surface area contributed by atoms with Crippen LogP contribution in [0.3, 0.4) is 0 Å². The summed E-state index contributed by atoms with van der Waals surface area (Å²) in [6.45, 7) is 4.99. The van der Waals surface area contributed by atoms with Crippen molar-refractivity contribution in [3.63, 3.8) is 0 Å².